The van der Waals surface area contributed by atoms with Crippen molar-refractivity contribution in [1.82, 2.24) is 10.6 Å². The van der Waals surface area contributed by atoms with Crippen molar-refractivity contribution in [3.05, 3.63) is 0 Å². The van der Waals surface area contributed by atoms with E-state index < -0.39 is 0 Å². The van der Waals surface area contributed by atoms with Crippen molar-refractivity contribution < 1.29 is 9.90 Å². The van der Waals surface area contributed by atoms with E-state index in [1.165, 1.54) is 0 Å². The minimum atomic E-state index is -0.168. The Balaban J connectivity index is 2.08. The molecule has 74 valence electrons. The van der Waals surface area contributed by atoms with Crippen LogP contribution in [0.2, 0.25) is 0 Å². The van der Waals surface area contributed by atoms with Crippen LogP contribution in [0.4, 0.5) is 0 Å². The molecule has 0 aliphatic carbocycles. The van der Waals surface area contributed by atoms with Gasteiger partial charge < -0.3 is 15.7 Å². The first-order chi connectivity index (χ1) is 6.27. The minimum Gasteiger partial charge on any atom is -0.394 e. The van der Waals surface area contributed by atoms with Gasteiger partial charge in [-0.3, -0.25) is 4.79 Å². The number of hydrogen-bond donors (Lipinski definition) is 3. The second kappa shape index (κ2) is 3.27. The second-order valence-corrected chi connectivity index (χ2v) is 4.09. The molecule has 1 spiro atoms. The number of rotatable bonds is 1. The van der Waals surface area contributed by atoms with E-state index >= 15 is 0 Å². The van der Waals surface area contributed by atoms with E-state index in [-0.39, 0.29) is 24.0 Å². The standard InChI is InChI=1S/C9H16N2O2/c12-6-7-5-9(8(13)11-7)1-3-10-4-2-9/h7,10,12H,1-6H2,(H,11,13). The SMILES string of the molecule is O=C1NC(CO)CC12CCNCC2. The molecule has 2 fully saturated rings. The average molecular weight is 184 g/mol. The van der Waals surface area contributed by atoms with E-state index in [9.17, 15) is 4.79 Å². The quantitative estimate of drug-likeness (QED) is 0.502. The highest BCUT2D eigenvalue weighted by Crippen LogP contribution is 2.38. The normalized spacial score (nSPS) is 32.1. The smallest absolute Gasteiger partial charge is 0.226 e. The van der Waals surface area contributed by atoms with Crippen LogP contribution in [0.3, 0.4) is 0 Å². The van der Waals surface area contributed by atoms with Crippen LogP contribution in [-0.4, -0.2) is 36.8 Å². The molecule has 0 saturated carbocycles. The summed E-state index contributed by atoms with van der Waals surface area (Å²) in [5, 5.41) is 15.1. The Kier molecular flexibility index (Phi) is 2.26. The Morgan fingerprint density at radius 1 is 1.46 bits per heavy atom. The van der Waals surface area contributed by atoms with Crippen LogP contribution in [0.5, 0.6) is 0 Å². The molecule has 2 saturated heterocycles. The first-order valence-corrected chi connectivity index (χ1v) is 4.89. The zero-order chi connectivity index (χ0) is 9.31. The van der Waals surface area contributed by atoms with Crippen molar-refractivity contribution in [2.75, 3.05) is 19.7 Å². The molecule has 4 nitrogen and oxygen atoms in total. The Hall–Kier alpha value is -0.610. The lowest BCUT2D eigenvalue weighted by Gasteiger charge is -2.30. The number of aliphatic hydroxyl groups is 1. The lowest BCUT2D eigenvalue weighted by Crippen LogP contribution is -2.41. The summed E-state index contributed by atoms with van der Waals surface area (Å²) in [4.78, 5) is 11.7. The van der Waals surface area contributed by atoms with Crippen molar-refractivity contribution in [1.29, 1.82) is 0 Å². The summed E-state index contributed by atoms with van der Waals surface area (Å²) < 4.78 is 0. The molecule has 0 aromatic carbocycles. The van der Waals surface area contributed by atoms with E-state index in [1.54, 1.807) is 0 Å². The molecule has 0 bridgehead atoms. The molecule has 0 aromatic rings. The summed E-state index contributed by atoms with van der Waals surface area (Å²) in [5.41, 5.74) is -0.168. The average Bonchev–Trinajstić information content (AvgIpc) is 2.45. The number of aliphatic hydroxyl groups excluding tert-OH is 1. The van der Waals surface area contributed by atoms with Crippen LogP contribution in [-0.2, 0) is 4.79 Å². The molecular weight excluding hydrogens is 168 g/mol. The molecule has 2 rings (SSSR count). The highest BCUT2D eigenvalue weighted by atomic mass is 16.3. The van der Waals surface area contributed by atoms with Crippen LogP contribution >= 0.6 is 0 Å². The monoisotopic (exact) mass is 184 g/mol. The highest BCUT2D eigenvalue weighted by molar-refractivity contribution is 5.85. The lowest BCUT2D eigenvalue weighted by molar-refractivity contribution is -0.128. The van der Waals surface area contributed by atoms with Gasteiger partial charge in [0.15, 0.2) is 0 Å². The van der Waals surface area contributed by atoms with Gasteiger partial charge in [0.2, 0.25) is 5.91 Å². The molecule has 2 aliphatic heterocycles. The van der Waals surface area contributed by atoms with Gasteiger partial charge in [-0.2, -0.15) is 0 Å². The maximum atomic E-state index is 11.7. The van der Waals surface area contributed by atoms with Crippen molar-refractivity contribution in [3.8, 4) is 0 Å². The fraction of sp³-hybridized carbons (Fsp3) is 0.889. The molecular formula is C9H16N2O2. The van der Waals surface area contributed by atoms with Crippen molar-refractivity contribution in [3.63, 3.8) is 0 Å². The number of hydrogen-bond acceptors (Lipinski definition) is 3. The molecule has 1 atom stereocenters. The number of nitrogens with one attached hydrogen (secondary N) is 2. The van der Waals surface area contributed by atoms with Gasteiger partial charge in [-0.1, -0.05) is 0 Å². The zero-order valence-electron chi connectivity index (χ0n) is 7.68. The third-order valence-corrected chi connectivity index (χ3v) is 3.24. The summed E-state index contributed by atoms with van der Waals surface area (Å²) in [7, 11) is 0. The predicted octanol–water partition coefficient (Wildman–Crippen LogP) is -0.763. The van der Waals surface area contributed by atoms with Gasteiger partial charge in [0, 0.05) is 0 Å². The Labute approximate surface area is 77.7 Å². The first kappa shape index (κ1) is 8.97. The van der Waals surface area contributed by atoms with Gasteiger partial charge in [-0.25, -0.2) is 0 Å². The Bertz CT molecular complexity index is 212. The number of carbonyl (C=O) groups excluding carboxylic acids is 1. The first-order valence-electron chi connectivity index (χ1n) is 4.89. The third kappa shape index (κ3) is 1.44. The largest absolute Gasteiger partial charge is 0.394 e. The summed E-state index contributed by atoms with van der Waals surface area (Å²) >= 11 is 0. The van der Waals surface area contributed by atoms with Gasteiger partial charge in [-0.05, 0) is 32.4 Å². The van der Waals surface area contributed by atoms with Gasteiger partial charge in [-0.15, -0.1) is 0 Å². The molecule has 3 N–H and O–H groups in total. The molecule has 1 unspecified atom stereocenters. The highest BCUT2D eigenvalue weighted by Gasteiger charge is 2.46. The molecule has 4 heteroatoms. The van der Waals surface area contributed by atoms with Crippen molar-refractivity contribution in [2.45, 2.75) is 25.3 Å². The van der Waals surface area contributed by atoms with Gasteiger partial charge in [0.1, 0.15) is 0 Å². The number of amides is 1. The second-order valence-electron chi connectivity index (χ2n) is 4.09. The fourth-order valence-electron chi connectivity index (χ4n) is 2.40. The van der Waals surface area contributed by atoms with E-state index in [0.717, 1.165) is 32.4 Å². The number of piperidine rings is 1. The van der Waals surface area contributed by atoms with E-state index in [0.29, 0.717) is 0 Å². The molecule has 2 aliphatic rings. The van der Waals surface area contributed by atoms with Crippen LogP contribution < -0.4 is 10.6 Å². The van der Waals surface area contributed by atoms with Gasteiger partial charge in [0.25, 0.3) is 0 Å². The summed E-state index contributed by atoms with van der Waals surface area (Å²) in [5.74, 6) is 0.146. The number of carbonyl (C=O) groups is 1. The van der Waals surface area contributed by atoms with Crippen molar-refractivity contribution in [2.24, 2.45) is 5.41 Å². The van der Waals surface area contributed by atoms with Crippen LogP contribution in [0.25, 0.3) is 0 Å². The molecule has 1 amide bonds. The topological polar surface area (TPSA) is 61.4 Å². The molecule has 13 heavy (non-hydrogen) atoms. The maximum absolute atomic E-state index is 11.7. The summed E-state index contributed by atoms with van der Waals surface area (Å²) in [6.45, 7) is 1.91. The minimum absolute atomic E-state index is 0.00870. The summed E-state index contributed by atoms with van der Waals surface area (Å²) in [6, 6.07) is -0.00870. The zero-order valence-corrected chi connectivity index (χ0v) is 7.68. The van der Waals surface area contributed by atoms with E-state index in [1.807, 2.05) is 0 Å². The third-order valence-electron chi connectivity index (χ3n) is 3.24. The maximum Gasteiger partial charge on any atom is 0.226 e. The lowest BCUT2D eigenvalue weighted by atomic mass is 9.76. The van der Waals surface area contributed by atoms with Crippen molar-refractivity contribution >= 4 is 5.91 Å². The van der Waals surface area contributed by atoms with Crippen LogP contribution in [0, 0.1) is 5.41 Å². The molecule has 0 radical (unpaired) electrons. The molecule has 0 aromatic heterocycles. The van der Waals surface area contributed by atoms with E-state index in [4.69, 9.17) is 5.11 Å². The van der Waals surface area contributed by atoms with E-state index in [2.05, 4.69) is 10.6 Å². The fourth-order valence-corrected chi connectivity index (χ4v) is 2.40. The van der Waals surface area contributed by atoms with Crippen LogP contribution in [0.15, 0.2) is 0 Å². The van der Waals surface area contributed by atoms with Gasteiger partial charge >= 0.3 is 0 Å². The predicted molar refractivity (Wildman–Crippen MR) is 48.2 cm³/mol. The Morgan fingerprint density at radius 3 is 2.69 bits per heavy atom. The molecule has 2 heterocycles. The van der Waals surface area contributed by atoms with Gasteiger partial charge in [0.05, 0.1) is 18.1 Å². The Morgan fingerprint density at radius 2 is 2.15 bits per heavy atom. The van der Waals surface area contributed by atoms with Crippen LogP contribution in [0.1, 0.15) is 19.3 Å². The summed E-state index contributed by atoms with van der Waals surface area (Å²) in [6.07, 6.45) is 2.63.